The maximum atomic E-state index is 11.8. The Kier molecular flexibility index (Phi) is 4.67. The van der Waals surface area contributed by atoms with Crippen molar-refractivity contribution in [2.75, 3.05) is 6.54 Å². The zero-order valence-corrected chi connectivity index (χ0v) is 11.2. The van der Waals surface area contributed by atoms with E-state index < -0.39 is 16.1 Å². The molecule has 1 rings (SSSR count). The molecule has 7 heteroatoms. The molecular formula is C10H19N3O3S. The number of sulfonamides is 1. The maximum absolute atomic E-state index is 11.8. The lowest BCUT2D eigenvalue weighted by molar-refractivity contribution is 0.198. The van der Waals surface area contributed by atoms with Gasteiger partial charge in [-0.2, -0.15) is 0 Å². The van der Waals surface area contributed by atoms with Crippen LogP contribution in [0.15, 0.2) is 11.2 Å². The molecule has 0 saturated heterocycles. The Morgan fingerprint density at radius 1 is 1.59 bits per heavy atom. The minimum Gasteiger partial charge on any atom is -0.392 e. The first-order chi connectivity index (χ1) is 7.86. The van der Waals surface area contributed by atoms with Crippen LogP contribution >= 0.6 is 0 Å². The topological polar surface area (TPSA) is 84.2 Å². The Morgan fingerprint density at radius 2 is 2.24 bits per heavy atom. The molecule has 0 bridgehead atoms. The van der Waals surface area contributed by atoms with E-state index in [-0.39, 0.29) is 11.6 Å². The van der Waals surface area contributed by atoms with Gasteiger partial charge in [-0.25, -0.2) is 18.1 Å². The van der Waals surface area contributed by atoms with Gasteiger partial charge in [-0.1, -0.05) is 6.92 Å². The van der Waals surface area contributed by atoms with Crippen LogP contribution < -0.4 is 4.72 Å². The van der Waals surface area contributed by atoms with Crippen molar-refractivity contribution >= 4 is 10.0 Å². The summed E-state index contributed by atoms with van der Waals surface area (Å²) in [4.78, 5) is 4.01. The summed E-state index contributed by atoms with van der Waals surface area (Å²) in [6.45, 7) is 6.03. The SMILES string of the molecule is CCCn1cc(S(=O)(=O)NC[C@@H](C)O)nc1C. The van der Waals surface area contributed by atoms with E-state index in [9.17, 15) is 8.42 Å². The largest absolute Gasteiger partial charge is 0.392 e. The summed E-state index contributed by atoms with van der Waals surface area (Å²) in [7, 11) is -3.62. The summed E-state index contributed by atoms with van der Waals surface area (Å²) in [5.74, 6) is 0.671. The van der Waals surface area contributed by atoms with E-state index in [2.05, 4.69) is 9.71 Å². The molecule has 17 heavy (non-hydrogen) atoms. The number of imidazole rings is 1. The fraction of sp³-hybridized carbons (Fsp3) is 0.700. The summed E-state index contributed by atoms with van der Waals surface area (Å²) >= 11 is 0. The first-order valence-corrected chi connectivity index (χ1v) is 7.06. The standard InChI is InChI=1S/C10H19N3O3S/c1-4-5-13-7-10(12-9(13)3)17(15,16)11-6-8(2)14/h7-8,11,14H,4-6H2,1-3H3/t8-/m1/s1. The van der Waals surface area contributed by atoms with Crippen molar-refractivity contribution in [3.05, 3.63) is 12.0 Å². The van der Waals surface area contributed by atoms with Gasteiger partial charge in [0.25, 0.3) is 10.0 Å². The highest BCUT2D eigenvalue weighted by atomic mass is 32.2. The smallest absolute Gasteiger partial charge is 0.259 e. The van der Waals surface area contributed by atoms with Crippen LogP contribution in [-0.4, -0.2) is 35.7 Å². The molecule has 2 N–H and O–H groups in total. The van der Waals surface area contributed by atoms with Gasteiger partial charge < -0.3 is 9.67 Å². The summed E-state index contributed by atoms with van der Waals surface area (Å²) in [5, 5.41) is 9.06. The van der Waals surface area contributed by atoms with Crippen molar-refractivity contribution in [2.24, 2.45) is 0 Å². The fourth-order valence-corrected chi connectivity index (χ4v) is 2.51. The van der Waals surface area contributed by atoms with Gasteiger partial charge in [-0.3, -0.25) is 0 Å². The second kappa shape index (κ2) is 5.61. The number of aliphatic hydroxyl groups excluding tert-OH is 1. The monoisotopic (exact) mass is 261 g/mol. The van der Waals surface area contributed by atoms with E-state index in [1.165, 1.54) is 13.1 Å². The van der Waals surface area contributed by atoms with E-state index in [1.54, 1.807) is 11.5 Å². The third-order valence-corrected chi connectivity index (χ3v) is 3.56. The lowest BCUT2D eigenvalue weighted by Gasteiger charge is -2.05. The molecule has 0 saturated carbocycles. The number of hydrogen-bond acceptors (Lipinski definition) is 4. The van der Waals surface area contributed by atoms with Crippen molar-refractivity contribution in [1.29, 1.82) is 0 Å². The first kappa shape index (κ1) is 14.1. The van der Waals surface area contributed by atoms with Gasteiger partial charge in [0.05, 0.1) is 6.10 Å². The minimum atomic E-state index is -3.62. The van der Waals surface area contributed by atoms with Crippen LogP contribution in [0.4, 0.5) is 0 Å². The molecule has 0 aromatic carbocycles. The molecule has 0 radical (unpaired) electrons. The fourth-order valence-electron chi connectivity index (χ4n) is 1.38. The van der Waals surface area contributed by atoms with Gasteiger partial charge in [-0.15, -0.1) is 0 Å². The van der Waals surface area contributed by atoms with Crippen LogP contribution in [0, 0.1) is 6.92 Å². The predicted molar refractivity (Wildman–Crippen MR) is 64.1 cm³/mol. The predicted octanol–water partition coefficient (Wildman–Crippen LogP) is 0.261. The van der Waals surface area contributed by atoms with Crippen molar-refractivity contribution in [1.82, 2.24) is 14.3 Å². The Balaban J connectivity index is 2.88. The zero-order chi connectivity index (χ0) is 13.1. The summed E-state index contributed by atoms with van der Waals surface area (Å²) in [6.07, 6.45) is 1.71. The van der Waals surface area contributed by atoms with Crippen LogP contribution in [0.2, 0.25) is 0 Å². The lowest BCUT2D eigenvalue weighted by Crippen LogP contribution is -2.30. The Morgan fingerprint density at radius 3 is 2.76 bits per heavy atom. The van der Waals surface area contributed by atoms with Gasteiger partial charge in [0.15, 0.2) is 5.03 Å². The van der Waals surface area contributed by atoms with Crippen molar-refractivity contribution in [2.45, 2.75) is 44.9 Å². The Labute approximate surface area is 102 Å². The second-order valence-corrected chi connectivity index (χ2v) is 5.73. The van der Waals surface area contributed by atoms with Gasteiger partial charge in [0, 0.05) is 19.3 Å². The van der Waals surface area contributed by atoms with Crippen molar-refractivity contribution in [3.8, 4) is 0 Å². The van der Waals surface area contributed by atoms with Gasteiger partial charge in [0.2, 0.25) is 0 Å². The normalized spacial score (nSPS) is 13.9. The quantitative estimate of drug-likeness (QED) is 0.769. The Hall–Kier alpha value is -0.920. The molecule has 6 nitrogen and oxygen atoms in total. The molecule has 0 spiro atoms. The van der Waals surface area contributed by atoms with E-state index in [0.29, 0.717) is 5.82 Å². The number of nitrogens with zero attached hydrogens (tertiary/aromatic N) is 2. The lowest BCUT2D eigenvalue weighted by atomic mass is 10.4. The first-order valence-electron chi connectivity index (χ1n) is 5.58. The molecule has 0 unspecified atom stereocenters. The molecule has 0 aliphatic rings. The third kappa shape index (κ3) is 3.79. The third-order valence-electron chi connectivity index (χ3n) is 2.26. The molecule has 0 fully saturated rings. The number of rotatable bonds is 6. The van der Waals surface area contributed by atoms with E-state index in [1.807, 2.05) is 6.92 Å². The average Bonchev–Trinajstić information content (AvgIpc) is 2.59. The van der Waals surface area contributed by atoms with Crippen LogP contribution in [0.25, 0.3) is 0 Å². The maximum Gasteiger partial charge on any atom is 0.259 e. The van der Waals surface area contributed by atoms with Crippen LogP contribution in [0.5, 0.6) is 0 Å². The minimum absolute atomic E-state index is 0.00380. The molecule has 1 heterocycles. The number of aryl methyl sites for hydroxylation is 2. The number of aliphatic hydroxyl groups is 1. The highest BCUT2D eigenvalue weighted by Gasteiger charge is 2.19. The summed E-state index contributed by atoms with van der Waals surface area (Å²) < 4.78 is 27.7. The molecule has 1 atom stereocenters. The van der Waals surface area contributed by atoms with Gasteiger partial charge in [-0.05, 0) is 20.3 Å². The molecule has 0 aliphatic carbocycles. The highest BCUT2D eigenvalue weighted by molar-refractivity contribution is 7.89. The van der Waals surface area contributed by atoms with Crippen LogP contribution in [-0.2, 0) is 16.6 Å². The second-order valence-electron chi connectivity index (χ2n) is 4.02. The molecule has 98 valence electrons. The van der Waals surface area contributed by atoms with E-state index in [0.717, 1.165) is 13.0 Å². The summed E-state index contributed by atoms with van der Waals surface area (Å²) in [5.41, 5.74) is 0. The van der Waals surface area contributed by atoms with Gasteiger partial charge >= 0.3 is 0 Å². The number of nitrogens with one attached hydrogen (secondary N) is 1. The molecule has 1 aromatic rings. The van der Waals surface area contributed by atoms with Crippen molar-refractivity contribution in [3.63, 3.8) is 0 Å². The van der Waals surface area contributed by atoms with Gasteiger partial charge in [0.1, 0.15) is 5.82 Å². The number of aromatic nitrogens is 2. The molecule has 0 aliphatic heterocycles. The van der Waals surface area contributed by atoms with E-state index >= 15 is 0 Å². The molecule has 0 amide bonds. The number of hydrogen-bond donors (Lipinski definition) is 2. The molecule has 1 aromatic heterocycles. The summed E-state index contributed by atoms with van der Waals surface area (Å²) in [6, 6.07) is 0. The van der Waals surface area contributed by atoms with Crippen LogP contribution in [0.3, 0.4) is 0 Å². The zero-order valence-electron chi connectivity index (χ0n) is 10.3. The Bertz CT molecular complexity index is 465. The molecular weight excluding hydrogens is 242 g/mol. The van der Waals surface area contributed by atoms with E-state index in [4.69, 9.17) is 5.11 Å². The highest BCUT2D eigenvalue weighted by Crippen LogP contribution is 2.09. The average molecular weight is 261 g/mol. The van der Waals surface area contributed by atoms with Crippen LogP contribution in [0.1, 0.15) is 26.1 Å². The van der Waals surface area contributed by atoms with Crippen molar-refractivity contribution < 1.29 is 13.5 Å².